The molecule has 0 aliphatic heterocycles. The molecule has 0 saturated carbocycles. The van der Waals surface area contributed by atoms with E-state index in [4.69, 9.17) is 9.05 Å². The summed E-state index contributed by atoms with van der Waals surface area (Å²) in [7, 11) is 1.49. The van der Waals surface area contributed by atoms with E-state index >= 15 is 0 Å². The van der Waals surface area contributed by atoms with Crippen LogP contribution in [0, 0.1) is 0 Å². The fourth-order valence-electron chi connectivity index (χ4n) is 8.90. The fourth-order valence-corrected chi connectivity index (χ4v) is 9.64. The normalized spacial score (nSPS) is 14.7. The van der Waals surface area contributed by atoms with Gasteiger partial charge in [-0.2, -0.15) is 0 Å². The highest BCUT2D eigenvalue weighted by Gasteiger charge is 2.27. The Morgan fingerprint density at radius 1 is 0.427 bits per heavy atom. The number of nitrogens with zero attached hydrogens (tertiary/aromatic N) is 1. The Morgan fingerprint density at radius 2 is 0.744 bits per heavy atom. The fraction of sp³-hybridized carbons (Fsp3) is 0.658. The minimum Gasteiger partial charge on any atom is -0.387 e. The molecule has 8 nitrogen and oxygen atoms in total. The molecule has 0 bridgehead atoms. The third-order valence-corrected chi connectivity index (χ3v) is 15.0. The van der Waals surface area contributed by atoms with Crippen LogP contribution in [-0.2, 0) is 18.4 Å². The summed E-state index contributed by atoms with van der Waals surface area (Å²) in [6.07, 6.45) is 95.7. The molecule has 0 heterocycles. The van der Waals surface area contributed by atoms with E-state index in [2.05, 4.69) is 153 Å². The summed E-state index contributed by atoms with van der Waals surface area (Å²) >= 11 is 0. The maximum absolute atomic E-state index is 13.0. The number of phosphoric acid groups is 1. The first kappa shape index (κ1) is 78.4. The molecule has 0 rings (SSSR count). The van der Waals surface area contributed by atoms with Crippen molar-refractivity contribution in [3.05, 3.63) is 146 Å². The predicted molar refractivity (Wildman–Crippen MR) is 359 cm³/mol. The first-order chi connectivity index (χ1) is 40.0. The molecule has 0 saturated heterocycles. The van der Waals surface area contributed by atoms with E-state index in [0.717, 1.165) is 89.9 Å². The molecule has 0 aromatic rings. The van der Waals surface area contributed by atoms with Gasteiger partial charge in [-0.1, -0.05) is 288 Å². The van der Waals surface area contributed by atoms with Crippen molar-refractivity contribution in [3.8, 4) is 0 Å². The number of hydrogen-bond acceptors (Lipinski definition) is 5. The van der Waals surface area contributed by atoms with Gasteiger partial charge < -0.3 is 19.8 Å². The molecule has 0 spiro atoms. The van der Waals surface area contributed by atoms with Crippen LogP contribution < -0.4 is 5.32 Å². The van der Waals surface area contributed by atoms with Crippen molar-refractivity contribution < 1.29 is 32.9 Å². The number of carbonyl (C=O) groups excluding carboxylic acids is 1. The SMILES string of the molecule is CC/C=C\C/C=C\C/C=C\C/C=C\C/C=C\C/C=C\C/C=C\C/C=C\C/C=C\CCCC(=O)NC(COP(=O)(O)OCC[N+](C)(C)C)C(O)/C=C/CC/C=C/CC/C=C/CCCCCCCCCCCCCCCCCCCCCCC. The maximum Gasteiger partial charge on any atom is 0.472 e. The zero-order valence-electron chi connectivity index (χ0n) is 53.4. The van der Waals surface area contributed by atoms with Crippen LogP contribution in [0.5, 0.6) is 0 Å². The van der Waals surface area contributed by atoms with Crippen LogP contribution in [0.1, 0.15) is 258 Å². The topological polar surface area (TPSA) is 105 Å². The van der Waals surface area contributed by atoms with Crippen LogP contribution in [0.3, 0.4) is 0 Å². The number of hydrogen-bond donors (Lipinski definition) is 3. The molecule has 0 fully saturated rings. The molecule has 0 aliphatic rings. The summed E-state index contributed by atoms with van der Waals surface area (Å²) in [6, 6.07) is -0.914. The van der Waals surface area contributed by atoms with Gasteiger partial charge in [0.25, 0.3) is 0 Å². The van der Waals surface area contributed by atoms with Gasteiger partial charge in [-0.3, -0.25) is 13.8 Å². The number of aliphatic hydroxyl groups is 1. The molecule has 3 unspecified atom stereocenters. The summed E-state index contributed by atoms with van der Waals surface area (Å²) in [6.45, 7) is 4.63. The number of nitrogens with one attached hydrogen (secondary N) is 1. The van der Waals surface area contributed by atoms with Crippen molar-refractivity contribution >= 4 is 13.7 Å². The lowest BCUT2D eigenvalue weighted by atomic mass is 10.0. The van der Waals surface area contributed by atoms with Crippen molar-refractivity contribution in [2.45, 2.75) is 270 Å². The minimum atomic E-state index is -4.39. The van der Waals surface area contributed by atoms with Crippen molar-refractivity contribution in [1.29, 1.82) is 0 Å². The number of amides is 1. The first-order valence-corrected chi connectivity index (χ1v) is 34.7. The van der Waals surface area contributed by atoms with Crippen LogP contribution in [0.15, 0.2) is 146 Å². The van der Waals surface area contributed by atoms with Crippen molar-refractivity contribution in [3.63, 3.8) is 0 Å². The Labute approximate surface area is 506 Å². The Bertz CT molecular complexity index is 1840. The van der Waals surface area contributed by atoms with Gasteiger partial charge in [-0.25, -0.2) is 4.57 Å². The number of likely N-dealkylation sites (N-methyl/N-ethyl adjacent to an activating group) is 1. The molecule has 0 aromatic carbocycles. The number of aliphatic hydroxyl groups excluding tert-OH is 1. The predicted octanol–water partition coefficient (Wildman–Crippen LogP) is 21.2. The van der Waals surface area contributed by atoms with Crippen molar-refractivity contribution in [2.24, 2.45) is 0 Å². The molecular weight excluding hydrogens is 1030 g/mol. The van der Waals surface area contributed by atoms with Gasteiger partial charge in [-0.15, -0.1) is 0 Å². The van der Waals surface area contributed by atoms with E-state index in [-0.39, 0.29) is 25.5 Å². The molecular formula is C73H126N2O6P+. The second-order valence-corrected chi connectivity index (χ2v) is 24.5. The Kier molecular flexibility index (Phi) is 59.2. The van der Waals surface area contributed by atoms with Gasteiger partial charge in [0, 0.05) is 6.42 Å². The third-order valence-electron chi connectivity index (χ3n) is 14.0. The number of quaternary nitrogens is 1. The summed E-state index contributed by atoms with van der Waals surface area (Å²) in [5.74, 6) is -0.253. The second-order valence-electron chi connectivity index (χ2n) is 23.1. The summed E-state index contributed by atoms with van der Waals surface area (Å²) in [5.41, 5.74) is 0. The van der Waals surface area contributed by atoms with E-state index in [1.54, 1.807) is 6.08 Å². The van der Waals surface area contributed by atoms with Gasteiger partial charge >= 0.3 is 7.82 Å². The molecule has 3 atom stereocenters. The molecule has 1 amide bonds. The molecule has 9 heteroatoms. The summed E-state index contributed by atoms with van der Waals surface area (Å²) in [5, 5.41) is 13.9. The highest BCUT2D eigenvalue weighted by molar-refractivity contribution is 7.47. The lowest BCUT2D eigenvalue weighted by Crippen LogP contribution is -2.45. The third kappa shape index (κ3) is 64.0. The standard InChI is InChI=1S/C73H125N2O6P/c1-6-8-10-12-14-16-18-20-22-24-26-28-30-32-34-36-37-39-40-42-44-46-48-50-52-54-56-58-60-62-64-66-72(76)71(70-81-82(78,79)80-69-68-75(3,4)5)74-73(77)67-65-63-61-59-57-55-53-51-49-47-45-43-41-38-35-33-31-29-27-25-23-21-19-17-15-13-11-9-7-2/h9,11,15,17,21,23,27,29,33,35,41,43,47-50,53,55-56,58-59,61,64,66,71-72,76H,6-8,10,12-14,16,18-20,22,24-26,28,30-32,34,36-40,42,44-46,51-52,54,57,60,62-63,65,67-70H2,1-5H3,(H-,74,77,78,79)/p+1/b11-9-,17-15-,23-21-,29-27-,35-33-,43-41-,49-47-,50-48+,55-53-,58-56+,61-59-,66-64+. The lowest BCUT2D eigenvalue weighted by Gasteiger charge is -2.25. The van der Waals surface area contributed by atoms with Gasteiger partial charge in [0.2, 0.25) is 5.91 Å². The average Bonchev–Trinajstić information content (AvgIpc) is 3.47. The molecule has 0 radical (unpaired) electrons. The van der Waals surface area contributed by atoms with Crippen molar-refractivity contribution in [1.82, 2.24) is 5.32 Å². The van der Waals surface area contributed by atoms with Gasteiger partial charge in [0.15, 0.2) is 0 Å². The van der Waals surface area contributed by atoms with Crippen LogP contribution in [0.4, 0.5) is 0 Å². The quantitative estimate of drug-likeness (QED) is 0.0243. The second kappa shape index (κ2) is 61.9. The highest BCUT2D eigenvalue weighted by atomic mass is 31.2. The average molecular weight is 1160 g/mol. The van der Waals surface area contributed by atoms with Gasteiger partial charge in [0.1, 0.15) is 13.2 Å². The highest BCUT2D eigenvalue weighted by Crippen LogP contribution is 2.43. The van der Waals surface area contributed by atoms with Crippen LogP contribution in [0.25, 0.3) is 0 Å². The van der Waals surface area contributed by atoms with Crippen LogP contribution >= 0.6 is 7.82 Å². The van der Waals surface area contributed by atoms with Gasteiger partial charge in [0.05, 0.1) is 39.9 Å². The summed E-state index contributed by atoms with van der Waals surface area (Å²) in [4.78, 5) is 23.3. The van der Waals surface area contributed by atoms with E-state index in [9.17, 15) is 19.4 Å². The number of rotatable bonds is 59. The maximum atomic E-state index is 13.0. The molecule has 0 aliphatic carbocycles. The monoisotopic (exact) mass is 1160 g/mol. The van der Waals surface area contributed by atoms with Gasteiger partial charge in [-0.05, 0) is 109 Å². The van der Waals surface area contributed by atoms with E-state index in [0.29, 0.717) is 17.4 Å². The zero-order valence-corrected chi connectivity index (χ0v) is 54.3. The Morgan fingerprint density at radius 3 is 1.12 bits per heavy atom. The Balaban J connectivity index is 4.33. The van der Waals surface area contributed by atoms with Crippen LogP contribution in [-0.4, -0.2) is 73.4 Å². The van der Waals surface area contributed by atoms with Crippen molar-refractivity contribution in [2.75, 3.05) is 40.9 Å². The van der Waals surface area contributed by atoms with E-state index < -0.39 is 20.0 Å². The first-order valence-electron chi connectivity index (χ1n) is 33.2. The molecule has 0 aromatic heterocycles. The number of carbonyl (C=O) groups is 1. The number of allylic oxidation sites excluding steroid dienone is 23. The largest absolute Gasteiger partial charge is 0.472 e. The molecule has 82 heavy (non-hydrogen) atoms. The number of unbranched alkanes of at least 4 members (excludes halogenated alkanes) is 24. The van der Waals surface area contributed by atoms with Crippen LogP contribution in [0.2, 0.25) is 0 Å². The van der Waals surface area contributed by atoms with E-state index in [1.807, 2.05) is 27.2 Å². The molecule has 468 valence electrons. The molecule has 3 N–H and O–H groups in total. The summed E-state index contributed by atoms with van der Waals surface area (Å²) < 4.78 is 23.7. The minimum absolute atomic E-state index is 0.0341. The van der Waals surface area contributed by atoms with E-state index in [1.165, 1.54) is 141 Å². The number of phosphoric ester groups is 1. The Hall–Kier alpha value is -3.62. The smallest absolute Gasteiger partial charge is 0.387 e. The lowest BCUT2D eigenvalue weighted by molar-refractivity contribution is -0.870. The zero-order chi connectivity index (χ0) is 59.8.